The molecule has 2 aromatic rings. The van der Waals surface area contributed by atoms with Gasteiger partial charge in [0.25, 0.3) is 11.9 Å². The third kappa shape index (κ3) is 4.74. The van der Waals surface area contributed by atoms with Crippen molar-refractivity contribution in [3.63, 3.8) is 0 Å². The fraction of sp³-hybridized carbons (Fsp3) is 0.435. The van der Waals surface area contributed by atoms with E-state index in [4.69, 9.17) is 9.47 Å². The monoisotopic (exact) mass is 452 g/mol. The summed E-state index contributed by atoms with van der Waals surface area (Å²) in [6.07, 6.45) is 2.46. The van der Waals surface area contributed by atoms with Crippen molar-refractivity contribution in [3.8, 4) is 11.5 Å². The molecule has 10 heteroatoms. The number of carbonyl (C=O) groups is 2. The lowest BCUT2D eigenvalue weighted by Crippen LogP contribution is -2.29. The molecule has 1 fully saturated rings. The van der Waals surface area contributed by atoms with Gasteiger partial charge in [0.2, 0.25) is 0 Å². The number of benzene rings is 1. The van der Waals surface area contributed by atoms with Crippen LogP contribution in [0.4, 0.5) is 16.3 Å². The number of nitrogens with one attached hydrogen (secondary N) is 2. The molecule has 0 saturated heterocycles. The molecule has 10 nitrogen and oxygen atoms in total. The quantitative estimate of drug-likeness (QED) is 0.731. The van der Waals surface area contributed by atoms with Gasteiger partial charge in [0.1, 0.15) is 17.3 Å². The van der Waals surface area contributed by atoms with Crippen LogP contribution in [-0.4, -0.2) is 47.6 Å². The second-order valence-electron chi connectivity index (χ2n) is 9.06. The van der Waals surface area contributed by atoms with E-state index >= 15 is 0 Å². The zero-order valence-corrected chi connectivity index (χ0v) is 19.4. The summed E-state index contributed by atoms with van der Waals surface area (Å²) >= 11 is 0. The van der Waals surface area contributed by atoms with E-state index in [0.29, 0.717) is 23.0 Å². The SMILES string of the molecule is COc1cc(NC(=O)Nc2cc(C(C)(C)C)nn2C2=NC(=O)C3CCCC3=N2)cc(OC)c1. The van der Waals surface area contributed by atoms with Crippen LogP contribution in [0.5, 0.6) is 11.5 Å². The molecule has 174 valence electrons. The van der Waals surface area contributed by atoms with Crippen molar-refractivity contribution in [3.05, 3.63) is 30.0 Å². The zero-order chi connectivity index (χ0) is 23.8. The van der Waals surface area contributed by atoms with Crippen LogP contribution in [0, 0.1) is 5.92 Å². The number of fused-ring (bicyclic) bond motifs is 1. The number of carbonyl (C=O) groups excluding carboxylic acids is 2. The summed E-state index contributed by atoms with van der Waals surface area (Å²) in [7, 11) is 3.07. The summed E-state index contributed by atoms with van der Waals surface area (Å²) in [5.74, 6) is 1.18. The Bertz CT molecular complexity index is 1140. The molecule has 4 rings (SSSR count). The summed E-state index contributed by atoms with van der Waals surface area (Å²) in [6.45, 7) is 6.04. The minimum atomic E-state index is -0.499. The van der Waals surface area contributed by atoms with Crippen LogP contribution in [0.1, 0.15) is 45.7 Å². The number of urea groups is 1. The summed E-state index contributed by atoms with van der Waals surface area (Å²) in [5.41, 5.74) is 1.76. The molecule has 1 aliphatic carbocycles. The number of hydrogen-bond acceptors (Lipinski definition) is 6. The Morgan fingerprint density at radius 2 is 1.76 bits per heavy atom. The smallest absolute Gasteiger partial charge is 0.324 e. The van der Waals surface area contributed by atoms with E-state index in [0.717, 1.165) is 30.7 Å². The minimum absolute atomic E-state index is 0.169. The molecule has 33 heavy (non-hydrogen) atoms. The predicted octanol–water partition coefficient (Wildman–Crippen LogP) is 3.83. The van der Waals surface area contributed by atoms with E-state index in [1.807, 2.05) is 20.8 Å². The van der Waals surface area contributed by atoms with E-state index in [9.17, 15) is 9.59 Å². The number of ether oxygens (including phenoxy) is 2. The fourth-order valence-corrected chi connectivity index (χ4v) is 3.80. The summed E-state index contributed by atoms with van der Waals surface area (Å²) in [4.78, 5) is 34.1. The second kappa shape index (κ2) is 8.68. The molecular weight excluding hydrogens is 424 g/mol. The van der Waals surface area contributed by atoms with Crippen LogP contribution < -0.4 is 20.1 Å². The lowest BCUT2D eigenvalue weighted by molar-refractivity contribution is -0.119. The maximum absolute atomic E-state index is 12.8. The molecule has 1 saturated carbocycles. The van der Waals surface area contributed by atoms with Gasteiger partial charge in [-0.3, -0.25) is 10.1 Å². The summed E-state index contributed by atoms with van der Waals surface area (Å²) < 4.78 is 11.9. The summed E-state index contributed by atoms with van der Waals surface area (Å²) in [5, 5.41) is 10.2. The molecule has 2 aliphatic rings. The van der Waals surface area contributed by atoms with Gasteiger partial charge in [-0.05, 0) is 19.3 Å². The van der Waals surface area contributed by atoms with Gasteiger partial charge in [0, 0.05) is 41.1 Å². The van der Waals surface area contributed by atoms with Crippen LogP contribution >= 0.6 is 0 Å². The van der Waals surface area contributed by atoms with Crippen molar-refractivity contribution in [2.75, 3.05) is 24.9 Å². The standard InChI is InChI=1S/C23H28N6O4/c1-23(2,3)18-12-19(26-22(31)24-13-9-14(32-4)11-15(10-13)33-5)29(28-18)21-25-17-8-6-7-16(17)20(30)27-21/h9-12,16H,6-8H2,1-5H3,(H2,24,26,31). The minimum Gasteiger partial charge on any atom is -0.497 e. The lowest BCUT2D eigenvalue weighted by Gasteiger charge is -2.16. The largest absolute Gasteiger partial charge is 0.497 e. The van der Waals surface area contributed by atoms with E-state index in [1.165, 1.54) is 18.9 Å². The maximum Gasteiger partial charge on any atom is 0.324 e. The van der Waals surface area contributed by atoms with Gasteiger partial charge in [-0.2, -0.15) is 14.8 Å². The van der Waals surface area contributed by atoms with Gasteiger partial charge in [-0.1, -0.05) is 20.8 Å². The highest BCUT2D eigenvalue weighted by molar-refractivity contribution is 6.17. The highest BCUT2D eigenvalue weighted by Crippen LogP contribution is 2.30. The second-order valence-corrected chi connectivity index (χ2v) is 9.06. The van der Waals surface area contributed by atoms with Crippen molar-refractivity contribution < 1.29 is 19.1 Å². The van der Waals surface area contributed by atoms with Crippen molar-refractivity contribution in [1.29, 1.82) is 0 Å². The third-order valence-corrected chi connectivity index (χ3v) is 5.60. The molecule has 3 amide bonds. The molecule has 0 radical (unpaired) electrons. The predicted molar refractivity (Wildman–Crippen MR) is 126 cm³/mol. The van der Waals surface area contributed by atoms with E-state index in [2.05, 4.69) is 25.7 Å². The van der Waals surface area contributed by atoms with Gasteiger partial charge in [-0.15, -0.1) is 0 Å². The van der Waals surface area contributed by atoms with Gasteiger partial charge < -0.3 is 14.8 Å². The molecule has 2 N–H and O–H groups in total. The molecule has 1 aromatic heterocycles. The Balaban J connectivity index is 1.63. The van der Waals surface area contributed by atoms with Crippen molar-refractivity contribution >= 4 is 35.1 Å². The van der Waals surface area contributed by atoms with Crippen LogP contribution in [0.25, 0.3) is 0 Å². The molecule has 0 bridgehead atoms. The van der Waals surface area contributed by atoms with Crippen LogP contribution in [0.15, 0.2) is 34.3 Å². The van der Waals surface area contributed by atoms with Gasteiger partial charge in [0.15, 0.2) is 0 Å². The normalized spacial score (nSPS) is 17.7. The van der Waals surface area contributed by atoms with Crippen LogP contribution in [0.3, 0.4) is 0 Å². The topological polar surface area (TPSA) is 119 Å². The number of anilines is 2. The van der Waals surface area contributed by atoms with Crippen molar-refractivity contribution in [2.24, 2.45) is 15.9 Å². The van der Waals surface area contributed by atoms with Gasteiger partial charge in [-0.25, -0.2) is 9.79 Å². The van der Waals surface area contributed by atoms with Crippen molar-refractivity contribution in [2.45, 2.75) is 45.4 Å². The number of nitrogens with zero attached hydrogens (tertiary/aromatic N) is 4. The summed E-state index contributed by atoms with van der Waals surface area (Å²) in [6, 6.07) is 6.33. The van der Waals surface area contributed by atoms with Gasteiger partial charge in [0.05, 0.1) is 25.8 Å². The number of rotatable bonds is 4. The molecule has 1 unspecified atom stereocenters. The molecule has 0 spiro atoms. The Kier molecular flexibility index (Phi) is 5.92. The number of aliphatic imine (C=N–C) groups is 2. The number of hydrogen-bond donors (Lipinski definition) is 2. The Labute approximate surface area is 192 Å². The first-order chi connectivity index (χ1) is 15.7. The molecule has 1 atom stereocenters. The van der Waals surface area contributed by atoms with E-state index < -0.39 is 6.03 Å². The molecular formula is C23H28N6O4. The first-order valence-electron chi connectivity index (χ1n) is 10.8. The fourth-order valence-electron chi connectivity index (χ4n) is 3.80. The maximum atomic E-state index is 12.8. The highest BCUT2D eigenvalue weighted by Gasteiger charge is 2.34. The van der Waals surface area contributed by atoms with Crippen LogP contribution in [-0.2, 0) is 10.2 Å². The Hall–Kier alpha value is -3.69. The number of aromatic nitrogens is 2. The van der Waals surface area contributed by atoms with E-state index in [-0.39, 0.29) is 23.2 Å². The Morgan fingerprint density at radius 1 is 1.06 bits per heavy atom. The number of amides is 3. The van der Waals surface area contributed by atoms with E-state index in [1.54, 1.807) is 24.3 Å². The Morgan fingerprint density at radius 3 is 2.39 bits per heavy atom. The van der Waals surface area contributed by atoms with Gasteiger partial charge >= 0.3 is 6.03 Å². The third-order valence-electron chi connectivity index (χ3n) is 5.60. The number of methoxy groups -OCH3 is 2. The molecule has 1 aliphatic heterocycles. The molecule has 1 aromatic carbocycles. The zero-order valence-electron chi connectivity index (χ0n) is 19.4. The first kappa shape index (κ1) is 22.5. The average molecular weight is 453 g/mol. The van der Waals surface area contributed by atoms with Crippen molar-refractivity contribution in [1.82, 2.24) is 9.78 Å². The average Bonchev–Trinajstić information content (AvgIpc) is 3.40. The lowest BCUT2D eigenvalue weighted by atomic mass is 9.92. The molecule has 2 heterocycles. The first-order valence-corrected chi connectivity index (χ1v) is 10.8. The highest BCUT2D eigenvalue weighted by atomic mass is 16.5. The van der Waals surface area contributed by atoms with Crippen LogP contribution in [0.2, 0.25) is 0 Å².